The standard InChI is InChI=1S/C24H42AsN8O20P3S2/c1-24(2,18(36)21(37)29-4-3-14(34)28-5-6-57-23(38)12(26)8-58-25(39,40)41)9-50-56(47,48)53-55(45,46)49-7-13-17(52-54(42,43)44)16(35)22(51-13)33-11-32-15-19(27)30-10-31-20(15)33/h10-13,16-18,22,35-36H,3-9,26H2,1-2H3,(H,28,34)(H,29,37)(H,45,46)(H,47,48)(H2,27,30,31)(H2,39,40,41)(H2,42,43,44). The van der Waals surface area contributed by atoms with Gasteiger partial charge < -0.3 is 40.3 Å². The van der Waals surface area contributed by atoms with E-state index in [4.69, 9.17) is 33.4 Å². The molecule has 34 heteroatoms. The number of aromatic nitrogens is 4. The Bertz CT molecular complexity index is 1970. The van der Waals surface area contributed by atoms with Crippen molar-refractivity contribution in [2.75, 3.05) is 43.5 Å². The van der Waals surface area contributed by atoms with Gasteiger partial charge in [-0.2, -0.15) is 4.31 Å². The Morgan fingerprint density at radius 1 is 1.07 bits per heavy atom. The van der Waals surface area contributed by atoms with Crippen molar-refractivity contribution in [2.24, 2.45) is 11.1 Å². The molecule has 2 aromatic heterocycles. The van der Waals surface area contributed by atoms with Gasteiger partial charge in [-0.1, -0.05) is 13.8 Å². The number of nitrogens with two attached hydrogens (primary N) is 2. The molecular weight excluding hydrogens is 952 g/mol. The number of imidazole rings is 1. The zero-order valence-corrected chi connectivity index (χ0v) is 36.3. The van der Waals surface area contributed by atoms with Crippen molar-refractivity contribution in [2.45, 2.75) is 57.0 Å². The molecule has 3 heterocycles. The molecule has 0 spiro atoms. The van der Waals surface area contributed by atoms with Crippen LogP contribution in [0.5, 0.6) is 0 Å². The molecule has 28 nitrogen and oxygen atoms in total. The summed E-state index contributed by atoms with van der Waals surface area (Å²) in [6, 6.07) is -1.13. The van der Waals surface area contributed by atoms with Crippen molar-refractivity contribution in [1.29, 1.82) is 0 Å². The number of nitrogen functional groups attached to an aromatic ring is 1. The van der Waals surface area contributed by atoms with Gasteiger partial charge in [-0.05, 0) is 0 Å². The average molecular weight is 995 g/mol. The number of hydrogen-bond acceptors (Lipinski definition) is 21. The number of thioether (sulfide) groups is 1. The van der Waals surface area contributed by atoms with Gasteiger partial charge in [-0.25, -0.2) is 28.6 Å². The molecule has 58 heavy (non-hydrogen) atoms. The molecule has 0 radical (unpaired) electrons. The third-order valence-electron chi connectivity index (χ3n) is 7.47. The van der Waals surface area contributed by atoms with Gasteiger partial charge in [-0.15, -0.1) is 0 Å². The van der Waals surface area contributed by atoms with E-state index in [0.717, 1.165) is 29.0 Å². The van der Waals surface area contributed by atoms with Crippen LogP contribution in [0.3, 0.4) is 0 Å². The molecule has 0 aliphatic carbocycles. The van der Waals surface area contributed by atoms with E-state index in [-0.39, 0.29) is 48.0 Å². The number of ether oxygens (including phenoxy) is 1. The third kappa shape index (κ3) is 15.9. The molecule has 1 aliphatic rings. The van der Waals surface area contributed by atoms with Gasteiger partial charge in [0.05, 0.1) is 19.5 Å². The van der Waals surface area contributed by atoms with Crippen LogP contribution >= 0.6 is 45.3 Å². The summed E-state index contributed by atoms with van der Waals surface area (Å²) in [4.78, 5) is 87.4. The fourth-order valence-corrected chi connectivity index (χ4v) is 11.0. The van der Waals surface area contributed by atoms with E-state index in [1.165, 1.54) is 13.8 Å². The summed E-state index contributed by atoms with van der Waals surface area (Å²) in [5, 5.41) is 25.6. The zero-order chi connectivity index (χ0) is 43.9. The van der Waals surface area contributed by atoms with E-state index in [9.17, 15) is 61.6 Å². The predicted octanol–water partition coefficient (Wildman–Crippen LogP) is -3.42. The molecular formula is C24H42AsN8O20P3S2. The number of aliphatic hydroxyl groups excluding tert-OH is 2. The van der Waals surface area contributed by atoms with E-state index in [1.807, 2.05) is 0 Å². The van der Waals surface area contributed by atoms with Gasteiger partial charge in [0, 0.05) is 5.41 Å². The number of hydrogen-bond donors (Lipinski definition) is 12. The molecule has 1 fully saturated rings. The molecule has 2 amide bonds. The Balaban J connectivity index is 1.46. The van der Waals surface area contributed by atoms with Crippen molar-refractivity contribution in [3.8, 4) is 0 Å². The summed E-state index contributed by atoms with van der Waals surface area (Å²) in [5.41, 5.74) is 9.75. The SMILES string of the molecule is CC(C)(COP(=O)(O)OP(=O)(O)OCC1OC(n2cnc3c(N)ncnc32)C(O)C1OP(=O)(O)O)C(O)C(=O)NCCC(=O)NCCSC(=O)C(N)CS[As](=O)(O)O. The van der Waals surface area contributed by atoms with Crippen LogP contribution in [0.2, 0.25) is 0 Å². The third-order valence-corrected chi connectivity index (χ3v) is 15.5. The van der Waals surface area contributed by atoms with Crippen LogP contribution in [0.25, 0.3) is 11.2 Å². The predicted molar refractivity (Wildman–Crippen MR) is 198 cm³/mol. The maximum atomic E-state index is 12.7. The molecule has 330 valence electrons. The number of nitrogens with zero attached hydrogens (tertiary/aromatic N) is 4. The molecule has 0 bridgehead atoms. The quantitative estimate of drug-likeness (QED) is 0.0293. The molecule has 0 aromatic carbocycles. The van der Waals surface area contributed by atoms with E-state index in [0.29, 0.717) is 10.0 Å². The second-order valence-corrected chi connectivity index (χ2v) is 24.7. The second kappa shape index (κ2) is 20.8. The number of anilines is 1. The summed E-state index contributed by atoms with van der Waals surface area (Å²) < 4.78 is 90.7. The summed E-state index contributed by atoms with van der Waals surface area (Å²) >= 11 is -4.25. The van der Waals surface area contributed by atoms with Crippen molar-refractivity contribution < 1.29 is 92.4 Å². The molecule has 0 saturated carbocycles. The molecule has 1 saturated heterocycles. The van der Waals surface area contributed by atoms with Crippen LogP contribution in [-0.4, -0.2) is 156 Å². The van der Waals surface area contributed by atoms with Crippen LogP contribution in [0.4, 0.5) is 5.82 Å². The molecule has 1 aliphatic heterocycles. The molecule has 2 aromatic rings. The average Bonchev–Trinajstić information content (AvgIpc) is 3.66. The van der Waals surface area contributed by atoms with Crippen LogP contribution in [0.1, 0.15) is 26.5 Å². The number of amides is 2. The Hall–Kier alpha value is -1.85. The van der Waals surface area contributed by atoms with Crippen LogP contribution < -0.4 is 22.1 Å². The monoisotopic (exact) mass is 994 g/mol. The Morgan fingerprint density at radius 3 is 2.36 bits per heavy atom. The first kappa shape index (κ1) is 50.5. The molecule has 3 rings (SSSR count). The van der Waals surface area contributed by atoms with Crippen molar-refractivity contribution in [1.82, 2.24) is 30.2 Å². The molecule has 8 atom stereocenters. The van der Waals surface area contributed by atoms with Gasteiger partial charge >= 0.3 is 144 Å². The van der Waals surface area contributed by atoms with Gasteiger partial charge in [0.2, 0.25) is 5.91 Å². The summed E-state index contributed by atoms with van der Waals surface area (Å²) in [6.07, 6.45) is -7.20. The van der Waals surface area contributed by atoms with Gasteiger partial charge in [0.25, 0.3) is 0 Å². The number of fused-ring (bicyclic) bond motifs is 1. The van der Waals surface area contributed by atoms with Crippen molar-refractivity contribution in [3.63, 3.8) is 0 Å². The van der Waals surface area contributed by atoms with Gasteiger partial charge in [-0.3, -0.25) is 22.9 Å². The van der Waals surface area contributed by atoms with Crippen molar-refractivity contribution in [3.05, 3.63) is 12.7 Å². The van der Waals surface area contributed by atoms with Crippen LogP contribution in [-0.2, 0) is 54.4 Å². The van der Waals surface area contributed by atoms with Gasteiger partial charge in [0.1, 0.15) is 36.3 Å². The number of phosphoric acid groups is 3. The van der Waals surface area contributed by atoms with Gasteiger partial charge in [0.15, 0.2) is 17.7 Å². The summed E-state index contributed by atoms with van der Waals surface area (Å²) in [5.74, 6) is -1.85. The van der Waals surface area contributed by atoms with E-state index >= 15 is 0 Å². The second-order valence-electron chi connectivity index (χ2n) is 12.6. The first-order valence-corrected chi connectivity index (χ1v) is 27.3. The number of phosphoric ester groups is 3. The zero-order valence-electron chi connectivity index (χ0n) is 30.1. The molecule has 8 unspecified atom stereocenters. The maximum absolute atomic E-state index is 12.7. The van der Waals surface area contributed by atoms with E-state index < -0.39 is 109 Å². The number of carbonyl (C=O) groups is 3. The number of carbonyl (C=O) groups excluding carboxylic acids is 3. The first-order valence-electron chi connectivity index (χ1n) is 16.1. The Kier molecular flexibility index (Phi) is 18.1. The topological polar surface area (TPSA) is 447 Å². The normalized spacial score (nSPS) is 22.2. The van der Waals surface area contributed by atoms with Crippen molar-refractivity contribution >= 4 is 92.2 Å². The van der Waals surface area contributed by atoms with Crippen LogP contribution in [0.15, 0.2) is 12.7 Å². The number of nitrogens with one attached hydrogen (secondary N) is 2. The summed E-state index contributed by atoms with van der Waals surface area (Å²) in [7, 11) is -16.2. The fraction of sp³-hybridized carbons (Fsp3) is 0.667. The Labute approximate surface area is 337 Å². The molecule has 14 N–H and O–H groups in total. The van der Waals surface area contributed by atoms with E-state index in [2.05, 4.69) is 34.4 Å². The fourth-order valence-electron chi connectivity index (χ4n) is 4.63. The minimum absolute atomic E-state index is 0.00725. The van der Waals surface area contributed by atoms with Crippen LogP contribution in [0, 0.1) is 5.41 Å². The first-order chi connectivity index (χ1) is 26.6. The minimum atomic E-state index is -5.60. The number of rotatable bonds is 23. The van der Waals surface area contributed by atoms with E-state index in [1.54, 1.807) is 0 Å². The Morgan fingerprint density at radius 2 is 1.72 bits per heavy atom. The summed E-state index contributed by atoms with van der Waals surface area (Å²) in [6.45, 7) is 0.0511. The number of aliphatic hydroxyl groups is 2.